The number of aryl methyl sites for hydroxylation is 1. The number of rotatable bonds is 2. The van der Waals surface area contributed by atoms with E-state index in [1.165, 1.54) is 35.6 Å². The van der Waals surface area contributed by atoms with Crippen molar-refractivity contribution in [2.24, 2.45) is 0 Å². The van der Waals surface area contributed by atoms with Crippen molar-refractivity contribution in [1.82, 2.24) is 5.32 Å². The van der Waals surface area contributed by atoms with Crippen molar-refractivity contribution < 1.29 is 18.8 Å². The van der Waals surface area contributed by atoms with Crippen molar-refractivity contribution in [3.05, 3.63) is 57.5 Å². The number of carbonyl (C=O) groups is 3. The molecule has 0 radical (unpaired) electrons. The lowest BCUT2D eigenvalue weighted by Crippen LogP contribution is -2.54. The molecule has 0 aliphatic carbocycles. The first-order chi connectivity index (χ1) is 11.0. The van der Waals surface area contributed by atoms with Crippen LogP contribution in [0, 0.1) is 12.7 Å². The van der Waals surface area contributed by atoms with Crippen LogP contribution in [0.5, 0.6) is 0 Å². The first kappa shape index (κ1) is 15.1. The van der Waals surface area contributed by atoms with Crippen LogP contribution in [0.4, 0.5) is 14.9 Å². The SMILES string of the molecule is Cc1ccsc1/C=C1\C(=O)NC(=O)N(c2ccccc2F)C1=O. The Bertz CT molecular complexity index is 857. The van der Waals surface area contributed by atoms with Gasteiger partial charge < -0.3 is 0 Å². The number of hydrogen-bond acceptors (Lipinski definition) is 4. The average molecular weight is 330 g/mol. The van der Waals surface area contributed by atoms with Gasteiger partial charge >= 0.3 is 6.03 Å². The zero-order valence-electron chi connectivity index (χ0n) is 12.0. The average Bonchev–Trinajstić information content (AvgIpc) is 2.90. The van der Waals surface area contributed by atoms with Crippen molar-refractivity contribution in [3.8, 4) is 0 Å². The lowest BCUT2D eigenvalue weighted by atomic mass is 10.1. The fourth-order valence-corrected chi connectivity index (χ4v) is 3.03. The number of urea groups is 1. The fraction of sp³-hybridized carbons (Fsp3) is 0.0625. The highest BCUT2D eigenvalue weighted by Crippen LogP contribution is 2.26. The number of nitrogens with zero attached hydrogens (tertiary/aromatic N) is 1. The Morgan fingerprint density at radius 2 is 1.91 bits per heavy atom. The molecule has 4 amide bonds. The molecule has 0 spiro atoms. The molecule has 7 heteroatoms. The Morgan fingerprint density at radius 3 is 2.57 bits per heavy atom. The Morgan fingerprint density at radius 1 is 1.17 bits per heavy atom. The van der Waals surface area contributed by atoms with E-state index in [0.717, 1.165) is 16.5 Å². The molecule has 0 atom stereocenters. The minimum absolute atomic E-state index is 0.198. The first-order valence-electron chi connectivity index (χ1n) is 6.69. The molecule has 0 bridgehead atoms. The number of halogens is 1. The summed E-state index contributed by atoms with van der Waals surface area (Å²) in [5.74, 6) is -2.37. The van der Waals surface area contributed by atoms with Crippen molar-refractivity contribution >= 4 is 40.9 Å². The predicted molar refractivity (Wildman–Crippen MR) is 84.5 cm³/mol. The number of nitrogens with one attached hydrogen (secondary N) is 1. The molecule has 116 valence electrons. The molecule has 5 nitrogen and oxygen atoms in total. The fourth-order valence-electron chi connectivity index (χ4n) is 2.17. The molecule has 2 heterocycles. The molecule has 1 fully saturated rings. The summed E-state index contributed by atoms with van der Waals surface area (Å²) in [6.45, 7) is 1.84. The number of hydrogen-bond donors (Lipinski definition) is 1. The Labute approximate surface area is 135 Å². The number of benzene rings is 1. The molecule has 0 saturated carbocycles. The lowest BCUT2D eigenvalue weighted by molar-refractivity contribution is -0.122. The van der Waals surface area contributed by atoms with E-state index in [4.69, 9.17) is 0 Å². The van der Waals surface area contributed by atoms with Crippen LogP contribution in [-0.4, -0.2) is 17.8 Å². The molecule has 1 aromatic carbocycles. The second-order valence-electron chi connectivity index (χ2n) is 4.88. The third-order valence-electron chi connectivity index (χ3n) is 3.37. The van der Waals surface area contributed by atoms with E-state index in [9.17, 15) is 18.8 Å². The molecule has 1 N–H and O–H groups in total. The van der Waals surface area contributed by atoms with Gasteiger partial charge in [-0.05, 0) is 42.1 Å². The maximum Gasteiger partial charge on any atom is 0.336 e. The van der Waals surface area contributed by atoms with Crippen LogP contribution in [0.15, 0.2) is 41.3 Å². The summed E-state index contributed by atoms with van der Waals surface area (Å²) >= 11 is 1.36. The molecule has 0 unspecified atom stereocenters. The summed E-state index contributed by atoms with van der Waals surface area (Å²) in [7, 11) is 0. The summed E-state index contributed by atoms with van der Waals surface area (Å²) in [6, 6.07) is 6.27. The molecule has 1 saturated heterocycles. The quantitative estimate of drug-likeness (QED) is 0.680. The van der Waals surface area contributed by atoms with E-state index >= 15 is 0 Å². The lowest BCUT2D eigenvalue weighted by Gasteiger charge is -2.26. The van der Waals surface area contributed by atoms with E-state index in [0.29, 0.717) is 4.90 Å². The monoisotopic (exact) mass is 330 g/mol. The maximum atomic E-state index is 13.9. The number of thiophene rings is 1. The number of amides is 4. The standard InChI is InChI=1S/C16H11FN2O3S/c1-9-6-7-23-13(9)8-10-14(20)18-16(22)19(15(10)21)12-5-3-2-4-11(12)17/h2-8H,1H3,(H,18,20,22)/b10-8+. The summed E-state index contributed by atoms with van der Waals surface area (Å²) < 4.78 is 13.9. The smallest absolute Gasteiger partial charge is 0.273 e. The highest BCUT2D eigenvalue weighted by molar-refractivity contribution is 7.11. The number of anilines is 1. The van der Waals surface area contributed by atoms with Crippen LogP contribution in [-0.2, 0) is 9.59 Å². The van der Waals surface area contributed by atoms with Crippen LogP contribution in [0.2, 0.25) is 0 Å². The van der Waals surface area contributed by atoms with Gasteiger partial charge in [-0.15, -0.1) is 11.3 Å². The second kappa shape index (κ2) is 5.77. The van der Waals surface area contributed by atoms with Crippen LogP contribution >= 0.6 is 11.3 Å². The molecule has 3 rings (SSSR count). The predicted octanol–water partition coefficient (Wildman–Crippen LogP) is 2.86. The number of carbonyl (C=O) groups excluding carboxylic acids is 3. The highest BCUT2D eigenvalue weighted by Gasteiger charge is 2.38. The van der Waals surface area contributed by atoms with Crippen molar-refractivity contribution in [1.29, 1.82) is 0 Å². The molecular weight excluding hydrogens is 319 g/mol. The molecule has 2 aromatic rings. The van der Waals surface area contributed by atoms with E-state index in [1.54, 1.807) is 0 Å². The van der Waals surface area contributed by atoms with E-state index in [1.807, 2.05) is 18.4 Å². The number of para-hydroxylation sites is 1. The zero-order chi connectivity index (χ0) is 16.6. The molecule has 1 aliphatic rings. The van der Waals surface area contributed by atoms with Gasteiger partial charge in [0.05, 0.1) is 5.69 Å². The van der Waals surface area contributed by atoms with Gasteiger partial charge in [-0.2, -0.15) is 0 Å². The van der Waals surface area contributed by atoms with Crippen LogP contribution < -0.4 is 10.2 Å². The Balaban J connectivity index is 2.07. The maximum absolute atomic E-state index is 13.9. The summed E-state index contributed by atoms with van der Waals surface area (Å²) in [6.07, 6.45) is 1.41. The Kier molecular flexibility index (Phi) is 3.79. The number of imide groups is 2. The van der Waals surface area contributed by atoms with E-state index in [-0.39, 0.29) is 11.3 Å². The van der Waals surface area contributed by atoms with Gasteiger partial charge in [-0.3, -0.25) is 14.9 Å². The van der Waals surface area contributed by atoms with Crippen molar-refractivity contribution in [2.75, 3.05) is 4.90 Å². The van der Waals surface area contributed by atoms with Crippen molar-refractivity contribution in [2.45, 2.75) is 6.92 Å². The van der Waals surface area contributed by atoms with E-state index < -0.39 is 23.7 Å². The van der Waals surface area contributed by atoms with Gasteiger partial charge in [0.1, 0.15) is 11.4 Å². The van der Waals surface area contributed by atoms with Gasteiger partial charge in [-0.1, -0.05) is 12.1 Å². The third kappa shape index (κ3) is 2.66. The molecule has 1 aliphatic heterocycles. The highest BCUT2D eigenvalue weighted by atomic mass is 32.1. The van der Waals surface area contributed by atoms with Gasteiger partial charge in [0.15, 0.2) is 0 Å². The minimum Gasteiger partial charge on any atom is -0.273 e. The van der Waals surface area contributed by atoms with Gasteiger partial charge in [0, 0.05) is 4.88 Å². The normalized spacial score (nSPS) is 16.9. The second-order valence-corrected chi connectivity index (χ2v) is 5.82. The summed E-state index contributed by atoms with van der Waals surface area (Å²) in [5, 5.41) is 3.89. The van der Waals surface area contributed by atoms with Crippen LogP contribution in [0.3, 0.4) is 0 Å². The van der Waals surface area contributed by atoms with Gasteiger partial charge in [0.25, 0.3) is 11.8 Å². The van der Waals surface area contributed by atoms with Crippen molar-refractivity contribution in [3.63, 3.8) is 0 Å². The minimum atomic E-state index is -0.967. The molecule has 1 aromatic heterocycles. The van der Waals surface area contributed by atoms with Gasteiger partial charge in [-0.25, -0.2) is 14.1 Å². The Hall–Kier alpha value is -2.80. The summed E-state index contributed by atoms with van der Waals surface area (Å²) in [5.41, 5.74) is 0.493. The zero-order valence-corrected chi connectivity index (χ0v) is 12.8. The topological polar surface area (TPSA) is 66.5 Å². The van der Waals surface area contributed by atoms with Gasteiger partial charge in [0.2, 0.25) is 0 Å². The third-order valence-corrected chi connectivity index (χ3v) is 4.34. The molecular formula is C16H11FN2O3S. The van der Waals surface area contributed by atoms with Crippen LogP contribution in [0.25, 0.3) is 6.08 Å². The van der Waals surface area contributed by atoms with E-state index in [2.05, 4.69) is 5.32 Å². The van der Waals surface area contributed by atoms with Crippen LogP contribution in [0.1, 0.15) is 10.4 Å². The summed E-state index contributed by atoms with van der Waals surface area (Å²) in [4.78, 5) is 37.9. The largest absolute Gasteiger partial charge is 0.336 e. The number of barbiturate groups is 1. The first-order valence-corrected chi connectivity index (χ1v) is 7.57. The molecule has 23 heavy (non-hydrogen) atoms.